The molecule has 2 aliphatic rings. The van der Waals surface area contributed by atoms with Crippen LogP contribution in [-0.2, 0) is 20.7 Å². The Kier molecular flexibility index (Phi) is 7.04. The number of fused-ring (bicyclic) bond motifs is 1. The van der Waals surface area contributed by atoms with E-state index >= 15 is 0 Å². The fraction of sp³-hybridized carbons (Fsp3) is 0.250. The van der Waals surface area contributed by atoms with Crippen LogP contribution in [0.1, 0.15) is 41.3 Å². The molecule has 0 bridgehead atoms. The summed E-state index contributed by atoms with van der Waals surface area (Å²) in [5.41, 5.74) is 3.38. The second-order valence-electron chi connectivity index (χ2n) is 8.86. The highest BCUT2D eigenvalue weighted by Gasteiger charge is 2.43. The topological polar surface area (TPSA) is 59.0 Å². The summed E-state index contributed by atoms with van der Waals surface area (Å²) in [5.74, 6) is -1.67. The standard InChI is InChI=1S/C28H24F2N2O3S/c29-21-10-6-18(7-11-21)15-20-3-1-5-24-27(20)31-32(28(24)19-8-12-22(30)13-9-19)25(33)17-35-26(34)16-23-4-2-14-36-23/h2,4,6-15,24,28H,1,3,5,16-17H2. The molecule has 0 saturated heterocycles. The summed E-state index contributed by atoms with van der Waals surface area (Å²) in [6, 6.07) is 15.6. The van der Waals surface area contributed by atoms with Crippen molar-refractivity contribution in [1.29, 1.82) is 0 Å². The van der Waals surface area contributed by atoms with Crippen molar-refractivity contribution in [1.82, 2.24) is 5.01 Å². The first-order valence-corrected chi connectivity index (χ1v) is 12.7. The number of carbonyl (C=O) groups excluding carboxylic acids is 2. The summed E-state index contributed by atoms with van der Waals surface area (Å²) < 4.78 is 32.3. The van der Waals surface area contributed by atoms with Gasteiger partial charge in [-0.2, -0.15) is 5.10 Å². The smallest absolute Gasteiger partial charge is 0.311 e. The monoisotopic (exact) mass is 506 g/mol. The van der Waals surface area contributed by atoms with Crippen LogP contribution in [0.4, 0.5) is 8.78 Å². The summed E-state index contributed by atoms with van der Waals surface area (Å²) in [7, 11) is 0. The minimum atomic E-state index is -0.481. The molecule has 2 atom stereocenters. The van der Waals surface area contributed by atoms with Gasteiger partial charge in [0.1, 0.15) is 11.6 Å². The van der Waals surface area contributed by atoms with Crippen LogP contribution in [-0.4, -0.2) is 29.2 Å². The predicted molar refractivity (Wildman–Crippen MR) is 134 cm³/mol. The zero-order valence-electron chi connectivity index (χ0n) is 19.4. The molecule has 5 nitrogen and oxygen atoms in total. The van der Waals surface area contributed by atoms with Crippen molar-refractivity contribution in [3.8, 4) is 0 Å². The van der Waals surface area contributed by atoms with Gasteiger partial charge in [-0.3, -0.25) is 9.59 Å². The Morgan fingerprint density at radius 1 is 1.06 bits per heavy atom. The van der Waals surface area contributed by atoms with E-state index < -0.39 is 24.5 Å². The molecule has 184 valence electrons. The largest absolute Gasteiger partial charge is 0.455 e. The van der Waals surface area contributed by atoms with Crippen LogP contribution in [0.5, 0.6) is 0 Å². The van der Waals surface area contributed by atoms with Crippen LogP contribution >= 0.6 is 11.3 Å². The molecule has 1 aliphatic carbocycles. The van der Waals surface area contributed by atoms with Crippen molar-refractivity contribution < 1.29 is 23.1 Å². The van der Waals surface area contributed by atoms with E-state index in [1.807, 2.05) is 23.6 Å². The van der Waals surface area contributed by atoms with Crippen LogP contribution in [0, 0.1) is 17.6 Å². The number of esters is 1. The lowest BCUT2D eigenvalue weighted by Gasteiger charge is -2.29. The molecule has 2 unspecified atom stereocenters. The van der Waals surface area contributed by atoms with Gasteiger partial charge in [0.05, 0.1) is 18.2 Å². The Labute approximate surface area is 211 Å². The number of hydrogen-bond donors (Lipinski definition) is 0. The number of benzene rings is 2. The van der Waals surface area contributed by atoms with Gasteiger partial charge < -0.3 is 4.74 Å². The number of rotatable bonds is 6. The quantitative estimate of drug-likeness (QED) is 0.389. The van der Waals surface area contributed by atoms with E-state index in [9.17, 15) is 18.4 Å². The molecule has 1 aliphatic heterocycles. The number of thiophene rings is 1. The van der Waals surface area contributed by atoms with Crippen LogP contribution in [0.25, 0.3) is 6.08 Å². The maximum atomic E-state index is 13.7. The van der Waals surface area contributed by atoms with Crippen LogP contribution in [0.3, 0.4) is 0 Å². The molecule has 2 heterocycles. The van der Waals surface area contributed by atoms with Gasteiger partial charge in [0.25, 0.3) is 5.91 Å². The summed E-state index contributed by atoms with van der Waals surface area (Å²) in [6.45, 7) is -0.428. The van der Waals surface area contributed by atoms with E-state index in [4.69, 9.17) is 9.84 Å². The van der Waals surface area contributed by atoms with Gasteiger partial charge in [-0.1, -0.05) is 30.3 Å². The molecule has 5 rings (SSSR count). The third kappa shape index (κ3) is 5.28. The highest BCUT2D eigenvalue weighted by atomic mass is 32.1. The average Bonchev–Trinajstić information content (AvgIpc) is 3.53. The summed E-state index contributed by atoms with van der Waals surface area (Å²) in [6.07, 6.45) is 4.56. The Hall–Kier alpha value is -3.65. The van der Waals surface area contributed by atoms with Gasteiger partial charge >= 0.3 is 5.97 Å². The number of hydrazone groups is 1. The third-order valence-corrected chi connectivity index (χ3v) is 7.31. The molecule has 0 N–H and O–H groups in total. The van der Waals surface area contributed by atoms with E-state index in [0.717, 1.165) is 46.6 Å². The second kappa shape index (κ2) is 10.5. The molecule has 1 aromatic heterocycles. The Morgan fingerprint density at radius 3 is 2.47 bits per heavy atom. The lowest BCUT2D eigenvalue weighted by atomic mass is 9.77. The van der Waals surface area contributed by atoms with Gasteiger partial charge in [0.15, 0.2) is 6.61 Å². The number of amides is 1. The average molecular weight is 507 g/mol. The van der Waals surface area contributed by atoms with Crippen LogP contribution in [0.2, 0.25) is 0 Å². The number of hydrogen-bond acceptors (Lipinski definition) is 5. The lowest BCUT2D eigenvalue weighted by molar-refractivity contribution is -0.152. The molecule has 0 spiro atoms. The van der Waals surface area contributed by atoms with Crippen molar-refractivity contribution in [2.75, 3.05) is 6.61 Å². The van der Waals surface area contributed by atoms with Crippen LogP contribution < -0.4 is 0 Å². The highest BCUT2D eigenvalue weighted by Crippen LogP contribution is 2.44. The van der Waals surface area contributed by atoms with Gasteiger partial charge in [-0.05, 0) is 77.8 Å². The highest BCUT2D eigenvalue weighted by molar-refractivity contribution is 7.10. The van der Waals surface area contributed by atoms with E-state index in [0.29, 0.717) is 0 Å². The Balaban J connectivity index is 1.41. The van der Waals surface area contributed by atoms with Gasteiger partial charge in [-0.25, -0.2) is 13.8 Å². The Bertz CT molecular complexity index is 1300. The lowest BCUT2D eigenvalue weighted by Crippen LogP contribution is -2.34. The minimum absolute atomic E-state index is 0.0818. The molecular weight excluding hydrogens is 482 g/mol. The van der Waals surface area contributed by atoms with Gasteiger partial charge in [0, 0.05) is 10.8 Å². The van der Waals surface area contributed by atoms with E-state index in [1.165, 1.54) is 40.6 Å². The molecule has 1 fully saturated rings. The number of nitrogens with zero attached hydrogens (tertiary/aromatic N) is 2. The molecule has 0 radical (unpaired) electrons. The summed E-state index contributed by atoms with van der Waals surface area (Å²) in [5, 5.41) is 7.97. The van der Waals surface area contributed by atoms with Crippen molar-refractivity contribution >= 4 is 35.0 Å². The fourth-order valence-corrected chi connectivity index (χ4v) is 5.47. The van der Waals surface area contributed by atoms with Crippen LogP contribution in [0.15, 0.2) is 76.7 Å². The molecule has 2 aromatic carbocycles. The third-order valence-electron chi connectivity index (χ3n) is 6.43. The normalized spacial score (nSPS) is 20.2. The SMILES string of the molecule is O=C(Cc1cccs1)OCC(=O)N1N=C2C(=Cc3ccc(F)cc3)CCCC2C1c1ccc(F)cc1. The van der Waals surface area contributed by atoms with Crippen molar-refractivity contribution in [3.63, 3.8) is 0 Å². The maximum absolute atomic E-state index is 13.7. The van der Waals surface area contributed by atoms with Crippen molar-refractivity contribution in [3.05, 3.63) is 99.3 Å². The predicted octanol–water partition coefficient (Wildman–Crippen LogP) is 5.94. The molecule has 1 amide bonds. The number of allylic oxidation sites excluding steroid dienone is 1. The summed E-state index contributed by atoms with van der Waals surface area (Å²) in [4.78, 5) is 26.4. The zero-order valence-corrected chi connectivity index (χ0v) is 20.2. The first kappa shape index (κ1) is 24.1. The van der Waals surface area contributed by atoms with Gasteiger partial charge in [0.2, 0.25) is 0 Å². The van der Waals surface area contributed by atoms with Gasteiger partial charge in [-0.15, -0.1) is 11.3 Å². The zero-order chi connectivity index (χ0) is 25.1. The minimum Gasteiger partial charge on any atom is -0.455 e. The van der Waals surface area contributed by atoms with E-state index in [-0.39, 0.29) is 24.0 Å². The van der Waals surface area contributed by atoms with E-state index in [1.54, 1.807) is 24.3 Å². The maximum Gasteiger partial charge on any atom is 0.311 e. The fourth-order valence-electron chi connectivity index (χ4n) is 4.78. The molecule has 8 heteroatoms. The molecular formula is C28H24F2N2O3S. The molecule has 3 aromatic rings. The molecule has 36 heavy (non-hydrogen) atoms. The van der Waals surface area contributed by atoms with Crippen molar-refractivity contribution in [2.24, 2.45) is 11.0 Å². The number of carbonyl (C=O) groups is 2. The Morgan fingerprint density at radius 2 is 1.78 bits per heavy atom. The summed E-state index contributed by atoms with van der Waals surface area (Å²) >= 11 is 1.45. The molecule has 1 saturated carbocycles. The van der Waals surface area contributed by atoms with Crippen molar-refractivity contribution in [2.45, 2.75) is 31.7 Å². The first-order chi connectivity index (χ1) is 17.5. The number of ether oxygens (including phenoxy) is 1. The first-order valence-electron chi connectivity index (χ1n) is 11.8. The van der Waals surface area contributed by atoms with E-state index in [2.05, 4.69) is 0 Å². The number of halogens is 2. The second-order valence-corrected chi connectivity index (χ2v) is 9.89.